The molecule has 0 amide bonds. The molecule has 2 bridgehead atoms. The Bertz CT molecular complexity index is 373. The van der Waals surface area contributed by atoms with Gasteiger partial charge in [0.25, 0.3) is 0 Å². The molecule has 1 aromatic rings. The van der Waals surface area contributed by atoms with E-state index in [9.17, 15) is 0 Å². The first-order valence-electron chi connectivity index (χ1n) is 5.96. The van der Waals surface area contributed by atoms with Gasteiger partial charge in [0.05, 0.1) is 24.2 Å². The topological polar surface area (TPSA) is 40.2 Å². The van der Waals surface area contributed by atoms with Gasteiger partial charge in [-0.2, -0.15) is 0 Å². The molecule has 4 heteroatoms. The van der Waals surface area contributed by atoms with Gasteiger partial charge in [-0.15, -0.1) is 0 Å². The second kappa shape index (κ2) is 3.71. The highest BCUT2D eigenvalue weighted by Crippen LogP contribution is 2.23. The molecule has 0 aliphatic carbocycles. The lowest BCUT2D eigenvalue weighted by Crippen LogP contribution is -2.43. The molecular weight excluding hydrogens is 200 g/mol. The molecule has 0 radical (unpaired) electrons. The van der Waals surface area contributed by atoms with Crippen LogP contribution in [0.1, 0.15) is 25.5 Å². The molecule has 2 aliphatic heterocycles. The Labute approximate surface area is 96.1 Å². The third-order valence-electron chi connectivity index (χ3n) is 3.40. The number of aromatic nitrogens is 1. The van der Waals surface area contributed by atoms with Crippen LogP contribution in [0, 0.1) is 0 Å². The molecule has 1 aromatic heterocycles. The zero-order valence-electron chi connectivity index (χ0n) is 9.77. The maximum absolute atomic E-state index is 4.52. The fourth-order valence-corrected chi connectivity index (χ4v) is 2.44. The third-order valence-corrected chi connectivity index (χ3v) is 3.40. The van der Waals surface area contributed by atoms with E-state index in [0.717, 1.165) is 13.1 Å². The van der Waals surface area contributed by atoms with Crippen molar-refractivity contribution in [3.05, 3.63) is 24.0 Å². The van der Waals surface area contributed by atoms with E-state index in [1.165, 1.54) is 11.4 Å². The summed E-state index contributed by atoms with van der Waals surface area (Å²) in [5, 5.41) is 6.91. The molecule has 2 atom stereocenters. The average Bonchev–Trinajstić information content (AvgIpc) is 2.91. The molecule has 2 saturated heterocycles. The minimum Gasteiger partial charge on any atom is -0.351 e. The largest absolute Gasteiger partial charge is 0.351 e. The summed E-state index contributed by atoms with van der Waals surface area (Å²) in [6, 6.07) is 4.32. The van der Waals surface area contributed by atoms with Crippen LogP contribution in [0.15, 0.2) is 18.3 Å². The minimum absolute atomic E-state index is 0.441. The van der Waals surface area contributed by atoms with Gasteiger partial charge in [0, 0.05) is 18.8 Å². The summed E-state index contributed by atoms with van der Waals surface area (Å²) in [6.07, 6.45) is 2.89. The molecular formula is C12H18N4. The van der Waals surface area contributed by atoms with Gasteiger partial charge in [0.15, 0.2) is 0 Å². The highest BCUT2D eigenvalue weighted by Gasteiger charge is 2.36. The maximum atomic E-state index is 4.52. The first-order chi connectivity index (χ1) is 7.74. The minimum atomic E-state index is 0.441. The van der Waals surface area contributed by atoms with E-state index in [1.54, 1.807) is 0 Å². The van der Waals surface area contributed by atoms with Crippen molar-refractivity contribution in [3.63, 3.8) is 0 Å². The first-order valence-corrected chi connectivity index (χ1v) is 5.96. The van der Waals surface area contributed by atoms with Gasteiger partial charge >= 0.3 is 0 Å². The molecule has 2 N–H and O–H groups in total. The SMILES string of the molecule is CC(C)c1ccc(N2CC3NCC2N3)cn1. The Kier molecular flexibility index (Phi) is 2.33. The molecule has 3 rings (SSSR count). The van der Waals surface area contributed by atoms with Gasteiger partial charge in [0.1, 0.15) is 0 Å². The standard InChI is InChI=1S/C12H18N4/c1-8(2)10-4-3-9(5-13-10)16-7-11-14-6-12(16)15-11/h3-5,8,11-12,14-15H,6-7H2,1-2H3. The molecule has 0 saturated carbocycles. The van der Waals surface area contributed by atoms with E-state index in [2.05, 4.69) is 46.5 Å². The zero-order valence-corrected chi connectivity index (χ0v) is 9.77. The predicted molar refractivity (Wildman–Crippen MR) is 64.4 cm³/mol. The van der Waals surface area contributed by atoms with E-state index in [1.807, 2.05) is 6.20 Å². The lowest BCUT2D eigenvalue weighted by Gasteiger charge is -2.27. The Morgan fingerprint density at radius 2 is 2.31 bits per heavy atom. The number of nitrogens with zero attached hydrogens (tertiary/aromatic N) is 2. The summed E-state index contributed by atoms with van der Waals surface area (Å²) in [6.45, 7) is 6.40. The summed E-state index contributed by atoms with van der Waals surface area (Å²) in [5.41, 5.74) is 2.39. The number of pyridine rings is 1. The van der Waals surface area contributed by atoms with Crippen molar-refractivity contribution in [2.24, 2.45) is 0 Å². The van der Waals surface area contributed by atoms with E-state index < -0.39 is 0 Å². The molecule has 0 aromatic carbocycles. The van der Waals surface area contributed by atoms with Crippen LogP contribution >= 0.6 is 0 Å². The van der Waals surface area contributed by atoms with Crippen LogP contribution in [-0.4, -0.2) is 30.4 Å². The van der Waals surface area contributed by atoms with Crippen molar-refractivity contribution in [1.82, 2.24) is 15.6 Å². The lowest BCUT2D eigenvalue weighted by atomic mass is 10.1. The van der Waals surface area contributed by atoms with Gasteiger partial charge in [0.2, 0.25) is 0 Å². The lowest BCUT2D eigenvalue weighted by molar-refractivity contribution is 0.576. The number of anilines is 1. The summed E-state index contributed by atoms with van der Waals surface area (Å²) in [5.74, 6) is 0.504. The van der Waals surface area contributed by atoms with Crippen LogP contribution in [0.25, 0.3) is 0 Å². The maximum Gasteiger partial charge on any atom is 0.0937 e. The van der Waals surface area contributed by atoms with E-state index >= 15 is 0 Å². The fourth-order valence-electron chi connectivity index (χ4n) is 2.44. The van der Waals surface area contributed by atoms with Crippen LogP contribution in [0.3, 0.4) is 0 Å². The fraction of sp³-hybridized carbons (Fsp3) is 0.583. The molecule has 0 spiro atoms. The zero-order chi connectivity index (χ0) is 11.1. The highest BCUT2D eigenvalue weighted by atomic mass is 15.5. The van der Waals surface area contributed by atoms with Crippen LogP contribution in [-0.2, 0) is 0 Å². The molecule has 86 valence electrons. The van der Waals surface area contributed by atoms with Gasteiger partial charge in [-0.1, -0.05) is 13.8 Å². The van der Waals surface area contributed by atoms with Crippen LogP contribution in [0.4, 0.5) is 5.69 Å². The van der Waals surface area contributed by atoms with Crippen LogP contribution in [0.2, 0.25) is 0 Å². The monoisotopic (exact) mass is 218 g/mol. The number of hydrogen-bond donors (Lipinski definition) is 2. The van der Waals surface area contributed by atoms with Gasteiger partial charge in [-0.05, 0) is 18.1 Å². The van der Waals surface area contributed by atoms with Crippen molar-refractivity contribution in [1.29, 1.82) is 0 Å². The number of fused-ring (bicyclic) bond motifs is 2. The molecule has 2 unspecified atom stereocenters. The summed E-state index contributed by atoms with van der Waals surface area (Å²) in [7, 11) is 0. The number of nitrogens with one attached hydrogen (secondary N) is 2. The molecule has 2 aliphatic rings. The van der Waals surface area contributed by atoms with Crippen molar-refractivity contribution >= 4 is 5.69 Å². The van der Waals surface area contributed by atoms with Crippen LogP contribution in [0.5, 0.6) is 0 Å². The van der Waals surface area contributed by atoms with Crippen molar-refractivity contribution in [2.75, 3.05) is 18.0 Å². The van der Waals surface area contributed by atoms with E-state index in [0.29, 0.717) is 18.2 Å². The van der Waals surface area contributed by atoms with Gasteiger partial charge < -0.3 is 4.90 Å². The van der Waals surface area contributed by atoms with Gasteiger partial charge in [-0.25, -0.2) is 0 Å². The summed E-state index contributed by atoms with van der Waals surface area (Å²) < 4.78 is 0. The van der Waals surface area contributed by atoms with Gasteiger partial charge in [-0.3, -0.25) is 15.6 Å². The third kappa shape index (κ3) is 1.58. The van der Waals surface area contributed by atoms with Crippen molar-refractivity contribution in [2.45, 2.75) is 32.1 Å². The summed E-state index contributed by atoms with van der Waals surface area (Å²) >= 11 is 0. The smallest absolute Gasteiger partial charge is 0.0937 e. The Morgan fingerprint density at radius 1 is 1.44 bits per heavy atom. The Hall–Kier alpha value is -1.13. The number of rotatable bonds is 2. The predicted octanol–water partition coefficient (Wildman–Crippen LogP) is 0.870. The Morgan fingerprint density at radius 3 is 2.81 bits per heavy atom. The van der Waals surface area contributed by atoms with E-state index in [-0.39, 0.29) is 0 Å². The van der Waals surface area contributed by atoms with E-state index in [4.69, 9.17) is 0 Å². The highest BCUT2D eigenvalue weighted by molar-refractivity contribution is 5.48. The molecule has 3 heterocycles. The molecule has 4 nitrogen and oxygen atoms in total. The molecule has 16 heavy (non-hydrogen) atoms. The average molecular weight is 218 g/mol. The number of hydrogen-bond acceptors (Lipinski definition) is 4. The van der Waals surface area contributed by atoms with Crippen molar-refractivity contribution < 1.29 is 0 Å². The van der Waals surface area contributed by atoms with Crippen molar-refractivity contribution in [3.8, 4) is 0 Å². The normalized spacial score (nSPS) is 28.1. The van der Waals surface area contributed by atoms with Crippen LogP contribution < -0.4 is 15.5 Å². The molecule has 2 fully saturated rings. The quantitative estimate of drug-likeness (QED) is 0.773. The first kappa shape index (κ1) is 10.1. The summed E-state index contributed by atoms with van der Waals surface area (Å²) in [4.78, 5) is 6.90. The second-order valence-electron chi connectivity index (χ2n) is 4.89. The number of piperazine rings is 1. The Balaban J connectivity index is 1.80. The second-order valence-corrected chi connectivity index (χ2v) is 4.89.